The molecule has 4 N–H and O–H groups in total. The van der Waals surface area contributed by atoms with Gasteiger partial charge in [0, 0.05) is 6.42 Å². The molecule has 1 aromatic rings. The molecule has 0 aliphatic carbocycles. The van der Waals surface area contributed by atoms with Crippen molar-refractivity contribution in [3.63, 3.8) is 0 Å². The Balaban J connectivity index is 2.44. The molecule has 1 aromatic heterocycles. The summed E-state index contributed by atoms with van der Waals surface area (Å²) in [5.74, 6) is 1.17. The lowest BCUT2D eigenvalue weighted by Gasteiger charge is -1.87. The van der Waals surface area contributed by atoms with Crippen LogP contribution < -0.4 is 11.5 Å². The summed E-state index contributed by atoms with van der Waals surface area (Å²) in [5, 5.41) is 3.64. The van der Waals surface area contributed by atoms with Crippen molar-refractivity contribution in [3.8, 4) is 0 Å². The largest absolute Gasteiger partial charge is 0.339 e. The van der Waals surface area contributed by atoms with Crippen molar-refractivity contribution in [2.75, 3.05) is 6.54 Å². The quantitative estimate of drug-likeness (QED) is 0.608. The van der Waals surface area contributed by atoms with E-state index < -0.39 is 0 Å². The number of hydrogen-bond acceptors (Lipinski definition) is 5. The monoisotopic (exact) mass is 156 g/mol. The van der Waals surface area contributed by atoms with Crippen LogP contribution in [-0.4, -0.2) is 16.7 Å². The fourth-order valence-electron chi connectivity index (χ4n) is 0.728. The van der Waals surface area contributed by atoms with Gasteiger partial charge in [0.25, 0.3) is 0 Å². The van der Waals surface area contributed by atoms with Crippen LogP contribution in [0.15, 0.2) is 4.52 Å². The molecule has 0 unspecified atom stereocenters. The van der Waals surface area contributed by atoms with Crippen LogP contribution >= 0.6 is 0 Å². The van der Waals surface area contributed by atoms with Crippen LogP contribution in [0.4, 0.5) is 0 Å². The minimum absolute atomic E-state index is 0.326. The second-order valence-electron chi connectivity index (χ2n) is 2.20. The van der Waals surface area contributed by atoms with E-state index in [1.165, 1.54) is 0 Å². The lowest BCUT2D eigenvalue weighted by Crippen LogP contribution is -2.01. The summed E-state index contributed by atoms with van der Waals surface area (Å²) in [7, 11) is 0. The van der Waals surface area contributed by atoms with Gasteiger partial charge < -0.3 is 16.0 Å². The Morgan fingerprint density at radius 2 is 2.18 bits per heavy atom. The third-order valence-electron chi connectivity index (χ3n) is 1.29. The Morgan fingerprint density at radius 3 is 2.73 bits per heavy atom. The van der Waals surface area contributed by atoms with Gasteiger partial charge in [0.05, 0.1) is 6.54 Å². The first-order chi connectivity index (χ1) is 5.36. The lowest BCUT2D eigenvalue weighted by molar-refractivity contribution is 0.371. The zero-order chi connectivity index (χ0) is 8.10. The summed E-state index contributed by atoms with van der Waals surface area (Å²) in [5.41, 5.74) is 10.6. The van der Waals surface area contributed by atoms with Gasteiger partial charge in [0.15, 0.2) is 5.82 Å². The van der Waals surface area contributed by atoms with Crippen molar-refractivity contribution in [2.24, 2.45) is 11.5 Å². The van der Waals surface area contributed by atoms with Crippen molar-refractivity contribution in [1.82, 2.24) is 10.1 Å². The van der Waals surface area contributed by atoms with E-state index in [1.54, 1.807) is 0 Å². The third kappa shape index (κ3) is 2.28. The number of hydrogen-bond donors (Lipinski definition) is 2. The van der Waals surface area contributed by atoms with Gasteiger partial charge in [0.1, 0.15) is 0 Å². The number of aryl methyl sites for hydroxylation is 1. The molecule has 0 radical (unpaired) electrons. The highest BCUT2D eigenvalue weighted by Gasteiger charge is 2.02. The normalized spacial score (nSPS) is 10.4. The topological polar surface area (TPSA) is 91.0 Å². The molecule has 0 aliphatic rings. The van der Waals surface area contributed by atoms with E-state index in [9.17, 15) is 0 Å². The Kier molecular flexibility index (Phi) is 3.00. The molecule has 1 heterocycles. The zero-order valence-electron chi connectivity index (χ0n) is 6.29. The number of nitrogens with two attached hydrogens (primary N) is 2. The first-order valence-electron chi connectivity index (χ1n) is 3.58. The Bertz CT molecular complexity index is 210. The molecule has 0 aliphatic heterocycles. The molecule has 0 amide bonds. The SMILES string of the molecule is NCCCc1nc(CN)no1. The molecule has 62 valence electrons. The summed E-state index contributed by atoms with van der Waals surface area (Å²) in [6, 6.07) is 0. The van der Waals surface area contributed by atoms with Gasteiger partial charge in [-0.25, -0.2) is 0 Å². The van der Waals surface area contributed by atoms with Gasteiger partial charge in [-0.3, -0.25) is 0 Å². The van der Waals surface area contributed by atoms with Crippen molar-refractivity contribution in [2.45, 2.75) is 19.4 Å². The second kappa shape index (κ2) is 4.05. The van der Waals surface area contributed by atoms with Crippen LogP contribution in [0.3, 0.4) is 0 Å². The maximum Gasteiger partial charge on any atom is 0.226 e. The first-order valence-corrected chi connectivity index (χ1v) is 3.58. The summed E-state index contributed by atoms with van der Waals surface area (Å²) >= 11 is 0. The van der Waals surface area contributed by atoms with Gasteiger partial charge >= 0.3 is 0 Å². The van der Waals surface area contributed by atoms with E-state index in [4.69, 9.17) is 16.0 Å². The van der Waals surface area contributed by atoms with Crippen LogP contribution in [0.2, 0.25) is 0 Å². The van der Waals surface area contributed by atoms with E-state index in [2.05, 4.69) is 10.1 Å². The van der Waals surface area contributed by atoms with Gasteiger partial charge in [-0.1, -0.05) is 5.16 Å². The molecule has 0 bridgehead atoms. The molecular formula is C6H12N4O. The second-order valence-corrected chi connectivity index (χ2v) is 2.20. The minimum Gasteiger partial charge on any atom is -0.339 e. The minimum atomic E-state index is 0.326. The number of aromatic nitrogens is 2. The standard InChI is InChI=1S/C6H12N4O/c7-3-1-2-6-9-5(4-8)10-11-6/h1-4,7-8H2. The third-order valence-corrected chi connectivity index (χ3v) is 1.29. The fraction of sp³-hybridized carbons (Fsp3) is 0.667. The molecule has 5 heteroatoms. The number of nitrogens with zero attached hydrogens (tertiary/aromatic N) is 2. The van der Waals surface area contributed by atoms with Crippen molar-refractivity contribution < 1.29 is 4.52 Å². The molecule has 0 aromatic carbocycles. The van der Waals surface area contributed by atoms with E-state index in [-0.39, 0.29) is 0 Å². The number of rotatable bonds is 4. The van der Waals surface area contributed by atoms with Gasteiger partial charge in [-0.05, 0) is 13.0 Å². The maximum atomic E-state index is 5.30. The maximum absolute atomic E-state index is 5.30. The molecule has 1 rings (SSSR count). The predicted molar refractivity (Wildman–Crippen MR) is 39.6 cm³/mol. The summed E-state index contributed by atoms with van der Waals surface area (Å²) in [6.07, 6.45) is 1.61. The molecule has 0 saturated carbocycles. The molecule has 0 atom stereocenters. The highest BCUT2D eigenvalue weighted by atomic mass is 16.5. The molecule has 5 nitrogen and oxygen atoms in total. The average Bonchev–Trinajstić information content (AvgIpc) is 2.48. The van der Waals surface area contributed by atoms with Gasteiger partial charge in [0.2, 0.25) is 5.89 Å². The van der Waals surface area contributed by atoms with Crippen molar-refractivity contribution in [3.05, 3.63) is 11.7 Å². The van der Waals surface area contributed by atoms with Gasteiger partial charge in [-0.2, -0.15) is 4.98 Å². The summed E-state index contributed by atoms with van der Waals surface area (Å²) in [6.45, 7) is 0.965. The molecular weight excluding hydrogens is 144 g/mol. The average molecular weight is 156 g/mol. The van der Waals surface area contributed by atoms with Crippen LogP contribution in [0.25, 0.3) is 0 Å². The highest BCUT2D eigenvalue weighted by molar-refractivity contribution is 4.84. The van der Waals surface area contributed by atoms with E-state index in [0.717, 1.165) is 12.8 Å². The Morgan fingerprint density at radius 1 is 1.36 bits per heavy atom. The highest BCUT2D eigenvalue weighted by Crippen LogP contribution is 1.98. The smallest absolute Gasteiger partial charge is 0.226 e. The Hall–Kier alpha value is -0.940. The lowest BCUT2D eigenvalue weighted by atomic mass is 10.3. The summed E-state index contributed by atoms with van der Waals surface area (Å²) in [4.78, 5) is 4.01. The van der Waals surface area contributed by atoms with Crippen LogP contribution in [0.5, 0.6) is 0 Å². The van der Waals surface area contributed by atoms with E-state index in [1.807, 2.05) is 0 Å². The molecule has 11 heavy (non-hydrogen) atoms. The Labute approximate surface area is 64.8 Å². The van der Waals surface area contributed by atoms with E-state index >= 15 is 0 Å². The predicted octanol–water partition coefficient (Wildman–Crippen LogP) is -0.580. The van der Waals surface area contributed by atoms with Crippen molar-refractivity contribution in [1.29, 1.82) is 0 Å². The molecule has 0 saturated heterocycles. The van der Waals surface area contributed by atoms with E-state index in [0.29, 0.717) is 24.8 Å². The molecule has 0 spiro atoms. The molecule has 0 fully saturated rings. The van der Waals surface area contributed by atoms with Gasteiger partial charge in [-0.15, -0.1) is 0 Å². The van der Waals surface area contributed by atoms with Crippen LogP contribution in [-0.2, 0) is 13.0 Å². The fourth-order valence-corrected chi connectivity index (χ4v) is 0.728. The van der Waals surface area contributed by atoms with Crippen molar-refractivity contribution >= 4 is 0 Å². The first kappa shape index (κ1) is 8.16. The zero-order valence-corrected chi connectivity index (χ0v) is 6.29. The van der Waals surface area contributed by atoms with Crippen LogP contribution in [0, 0.1) is 0 Å². The van der Waals surface area contributed by atoms with Crippen LogP contribution in [0.1, 0.15) is 18.1 Å². The summed E-state index contributed by atoms with van der Waals surface area (Å²) < 4.78 is 4.86.